The predicted molar refractivity (Wildman–Crippen MR) is 73.2 cm³/mol. The van der Waals surface area contributed by atoms with Crippen molar-refractivity contribution in [2.45, 2.75) is 32.6 Å². The molecule has 1 N–H and O–H groups in total. The molecule has 2 rings (SSSR count). The normalized spacial score (nSPS) is 18.9. The van der Waals surface area contributed by atoms with E-state index in [0.29, 0.717) is 18.9 Å². The van der Waals surface area contributed by atoms with Crippen LogP contribution in [-0.4, -0.2) is 33.9 Å². The predicted octanol–water partition coefficient (Wildman–Crippen LogP) is 1.27. The summed E-state index contributed by atoms with van der Waals surface area (Å²) < 4.78 is 0. The van der Waals surface area contributed by atoms with Gasteiger partial charge in [-0.1, -0.05) is 13.8 Å². The van der Waals surface area contributed by atoms with Gasteiger partial charge in [0, 0.05) is 25.2 Å². The molecule has 0 saturated carbocycles. The van der Waals surface area contributed by atoms with E-state index in [0.717, 1.165) is 12.8 Å². The van der Waals surface area contributed by atoms with Crippen molar-refractivity contribution < 1.29 is 4.79 Å². The molecule has 6 nitrogen and oxygen atoms in total. The second-order valence-electron chi connectivity index (χ2n) is 5.39. The molecule has 106 valence electrons. The number of rotatable bonds is 2. The van der Waals surface area contributed by atoms with E-state index in [-0.39, 0.29) is 23.3 Å². The van der Waals surface area contributed by atoms with Crippen LogP contribution in [0.4, 0.5) is 0 Å². The fraction of sp³-hybridized carbons (Fsp3) is 0.571. The fourth-order valence-electron chi connectivity index (χ4n) is 2.29. The van der Waals surface area contributed by atoms with E-state index >= 15 is 0 Å². The molecule has 1 aromatic heterocycles. The molecule has 1 atom stereocenters. The van der Waals surface area contributed by atoms with Crippen molar-refractivity contribution in [1.29, 1.82) is 5.26 Å². The third-order valence-electron chi connectivity index (χ3n) is 3.49. The maximum Gasteiger partial charge on any atom is 0.263 e. The average molecular weight is 274 g/mol. The van der Waals surface area contributed by atoms with Crippen molar-refractivity contribution in [3.8, 4) is 6.07 Å². The summed E-state index contributed by atoms with van der Waals surface area (Å²) in [5, 5.41) is 8.94. The van der Waals surface area contributed by atoms with Gasteiger partial charge in [-0.05, 0) is 12.8 Å². The highest BCUT2D eigenvalue weighted by atomic mass is 16.2. The Morgan fingerprint density at radius 1 is 1.60 bits per heavy atom. The lowest BCUT2D eigenvalue weighted by Gasteiger charge is -2.29. The van der Waals surface area contributed by atoms with Gasteiger partial charge in [0.15, 0.2) is 0 Å². The zero-order chi connectivity index (χ0) is 14.7. The molecule has 1 aliphatic heterocycles. The Kier molecular flexibility index (Phi) is 4.18. The summed E-state index contributed by atoms with van der Waals surface area (Å²) in [7, 11) is 0. The van der Waals surface area contributed by atoms with Crippen LogP contribution in [0.1, 0.15) is 48.8 Å². The van der Waals surface area contributed by atoms with Gasteiger partial charge < -0.3 is 9.88 Å². The van der Waals surface area contributed by atoms with Crippen molar-refractivity contribution in [3.05, 3.63) is 27.9 Å². The number of carbonyl (C=O) groups is 1. The molecule has 1 fully saturated rings. The van der Waals surface area contributed by atoms with Crippen molar-refractivity contribution in [2.24, 2.45) is 5.92 Å². The number of nitriles is 1. The monoisotopic (exact) mass is 274 g/mol. The first-order valence-electron chi connectivity index (χ1n) is 6.81. The molecule has 1 amide bonds. The van der Waals surface area contributed by atoms with E-state index in [9.17, 15) is 9.59 Å². The summed E-state index contributed by atoms with van der Waals surface area (Å²) in [6.45, 7) is 4.81. The van der Waals surface area contributed by atoms with Crippen molar-refractivity contribution >= 4 is 5.91 Å². The van der Waals surface area contributed by atoms with Crippen molar-refractivity contribution in [2.75, 3.05) is 13.1 Å². The van der Waals surface area contributed by atoms with Crippen molar-refractivity contribution in [1.82, 2.24) is 14.9 Å². The summed E-state index contributed by atoms with van der Waals surface area (Å²) >= 11 is 0. The van der Waals surface area contributed by atoms with E-state index in [4.69, 9.17) is 5.26 Å². The van der Waals surface area contributed by atoms with Crippen LogP contribution in [0, 0.1) is 17.2 Å². The van der Waals surface area contributed by atoms with Gasteiger partial charge in [-0.25, -0.2) is 4.98 Å². The molecule has 1 aromatic rings. The van der Waals surface area contributed by atoms with Crippen LogP contribution in [0.2, 0.25) is 0 Å². The molecule has 1 aliphatic rings. The van der Waals surface area contributed by atoms with Crippen molar-refractivity contribution in [3.63, 3.8) is 0 Å². The first-order valence-corrected chi connectivity index (χ1v) is 6.81. The molecule has 0 aliphatic carbocycles. The minimum absolute atomic E-state index is 0.0491. The maximum absolute atomic E-state index is 12.3. The quantitative estimate of drug-likeness (QED) is 0.879. The lowest BCUT2D eigenvalue weighted by atomic mass is 9.99. The molecular formula is C14H18N4O2. The summed E-state index contributed by atoms with van der Waals surface area (Å²) in [4.78, 5) is 32.6. The highest BCUT2D eigenvalue weighted by Gasteiger charge is 2.26. The lowest BCUT2D eigenvalue weighted by Crippen LogP contribution is -2.41. The number of piperidine rings is 1. The molecular weight excluding hydrogens is 256 g/mol. The number of carbonyl (C=O) groups excluding carboxylic acids is 1. The van der Waals surface area contributed by atoms with Gasteiger partial charge in [0.05, 0.1) is 12.0 Å². The number of amides is 1. The number of nitrogens with one attached hydrogen (secondary N) is 1. The highest BCUT2D eigenvalue weighted by molar-refractivity contribution is 5.93. The van der Waals surface area contributed by atoms with Gasteiger partial charge in [0.2, 0.25) is 0 Å². The fourth-order valence-corrected chi connectivity index (χ4v) is 2.29. The maximum atomic E-state index is 12.3. The third-order valence-corrected chi connectivity index (χ3v) is 3.49. The highest BCUT2D eigenvalue weighted by Crippen LogP contribution is 2.17. The minimum atomic E-state index is -0.409. The standard InChI is InChI=1S/C14H18N4O2/c1-9(2)12-16-7-11(13(19)17-12)14(20)18-5-3-4-10(6-15)8-18/h7,9-10H,3-5,8H2,1-2H3,(H,16,17,19)/t10-/m0/s1. The molecule has 20 heavy (non-hydrogen) atoms. The number of likely N-dealkylation sites (tertiary alicyclic amines) is 1. The number of hydrogen-bond donors (Lipinski definition) is 1. The van der Waals surface area contributed by atoms with Gasteiger partial charge in [0.25, 0.3) is 11.5 Å². The van der Waals surface area contributed by atoms with E-state index in [1.165, 1.54) is 6.20 Å². The van der Waals surface area contributed by atoms with Gasteiger partial charge in [-0.3, -0.25) is 9.59 Å². The Morgan fingerprint density at radius 2 is 2.35 bits per heavy atom. The topological polar surface area (TPSA) is 89.8 Å². The molecule has 0 aromatic carbocycles. The number of nitrogens with zero attached hydrogens (tertiary/aromatic N) is 3. The van der Waals surface area contributed by atoms with Crippen LogP contribution in [0.15, 0.2) is 11.0 Å². The van der Waals surface area contributed by atoms with Crippen LogP contribution in [0.3, 0.4) is 0 Å². The molecule has 1 saturated heterocycles. The molecule has 2 heterocycles. The number of hydrogen-bond acceptors (Lipinski definition) is 4. The molecule has 0 radical (unpaired) electrons. The van der Waals surface area contributed by atoms with Crippen LogP contribution < -0.4 is 5.56 Å². The summed E-state index contributed by atoms with van der Waals surface area (Å²) in [6.07, 6.45) is 2.94. The van der Waals surface area contributed by atoms with E-state index < -0.39 is 5.56 Å². The smallest absolute Gasteiger partial charge is 0.263 e. The zero-order valence-electron chi connectivity index (χ0n) is 11.7. The first kappa shape index (κ1) is 14.3. The van der Waals surface area contributed by atoms with Crippen LogP contribution in [-0.2, 0) is 0 Å². The van der Waals surface area contributed by atoms with E-state index in [1.54, 1.807) is 4.90 Å². The Hall–Kier alpha value is -2.16. The largest absolute Gasteiger partial charge is 0.337 e. The van der Waals surface area contributed by atoms with Gasteiger partial charge in [-0.15, -0.1) is 0 Å². The Labute approximate surface area is 117 Å². The molecule has 0 unspecified atom stereocenters. The SMILES string of the molecule is CC(C)c1ncc(C(=O)N2CCC[C@@H](C#N)C2)c(=O)[nH]1. The zero-order valence-corrected chi connectivity index (χ0v) is 11.7. The van der Waals surface area contributed by atoms with Crippen LogP contribution in [0.5, 0.6) is 0 Å². The van der Waals surface area contributed by atoms with E-state index in [2.05, 4.69) is 16.0 Å². The third kappa shape index (κ3) is 2.87. The summed E-state index contributed by atoms with van der Waals surface area (Å²) in [6, 6.07) is 2.18. The molecule has 0 spiro atoms. The summed E-state index contributed by atoms with van der Waals surface area (Å²) in [5.41, 5.74) is -0.360. The first-order chi connectivity index (χ1) is 9.52. The van der Waals surface area contributed by atoms with Crippen LogP contribution >= 0.6 is 0 Å². The van der Waals surface area contributed by atoms with Gasteiger partial charge in [-0.2, -0.15) is 5.26 Å². The van der Waals surface area contributed by atoms with Gasteiger partial charge >= 0.3 is 0 Å². The Bertz CT molecular complexity index is 600. The number of aromatic amines is 1. The lowest BCUT2D eigenvalue weighted by molar-refractivity contribution is 0.0696. The average Bonchev–Trinajstić information content (AvgIpc) is 2.46. The second-order valence-corrected chi connectivity index (χ2v) is 5.39. The molecule has 6 heteroatoms. The minimum Gasteiger partial charge on any atom is -0.337 e. The van der Waals surface area contributed by atoms with Crippen LogP contribution in [0.25, 0.3) is 0 Å². The number of aromatic nitrogens is 2. The Balaban J connectivity index is 2.21. The van der Waals surface area contributed by atoms with E-state index in [1.807, 2.05) is 13.8 Å². The molecule has 0 bridgehead atoms. The Morgan fingerprint density at radius 3 is 2.95 bits per heavy atom. The van der Waals surface area contributed by atoms with Gasteiger partial charge in [0.1, 0.15) is 11.4 Å². The summed E-state index contributed by atoms with van der Waals surface area (Å²) in [5.74, 6) is 0.189. The number of H-pyrrole nitrogens is 1. The second kappa shape index (κ2) is 5.87.